The van der Waals surface area contributed by atoms with Crippen LogP contribution in [0, 0.1) is 5.92 Å². The number of carbonyl (C=O) groups excluding carboxylic acids is 2. The lowest BCUT2D eigenvalue weighted by Gasteiger charge is -2.31. The van der Waals surface area contributed by atoms with Crippen LogP contribution in [-0.4, -0.2) is 54.6 Å². The van der Waals surface area contributed by atoms with Gasteiger partial charge in [-0.1, -0.05) is 0 Å². The van der Waals surface area contributed by atoms with Gasteiger partial charge in [0.25, 0.3) is 0 Å². The van der Waals surface area contributed by atoms with Gasteiger partial charge < -0.3 is 21.1 Å². The van der Waals surface area contributed by atoms with Crippen molar-refractivity contribution < 1.29 is 14.7 Å². The lowest BCUT2D eigenvalue weighted by molar-refractivity contribution is -0.135. The molecule has 1 fully saturated rings. The highest BCUT2D eigenvalue weighted by Crippen LogP contribution is 2.18. The number of amides is 2. The highest BCUT2D eigenvalue weighted by molar-refractivity contribution is 5.80. The van der Waals surface area contributed by atoms with Crippen molar-refractivity contribution in [3.8, 4) is 0 Å². The van der Waals surface area contributed by atoms with E-state index in [0.717, 1.165) is 19.3 Å². The van der Waals surface area contributed by atoms with Crippen LogP contribution < -0.4 is 11.1 Å². The fourth-order valence-corrected chi connectivity index (χ4v) is 2.24. The Morgan fingerprint density at radius 1 is 1.26 bits per heavy atom. The van der Waals surface area contributed by atoms with E-state index in [1.165, 1.54) is 0 Å². The van der Waals surface area contributed by atoms with E-state index in [-0.39, 0.29) is 24.3 Å². The Bertz CT molecular complexity index is 289. The number of nitrogens with zero attached hydrogens (tertiary/aromatic N) is 1. The van der Waals surface area contributed by atoms with Crippen LogP contribution in [0.5, 0.6) is 0 Å². The fourth-order valence-electron chi connectivity index (χ4n) is 2.24. The molecule has 1 aliphatic rings. The molecular weight excluding hydrogens is 246 g/mol. The van der Waals surface area contributed by atoms with Crippen LogP contribution in [0.3, 0.4) is 0 Å². The first-order chi connectivity index (χ1) is 9.19. The second kappa shape index (κ2) is 8.87. The quantitative estimate of drug-likeness (QED) is 0.542. The van der Waals surface area contributed by atoms with E-state index in [1.807, 2.05) is 4.90 Å². The van der Waals surface area contributed by atoms with Crippen molar-refractivity contribution in [3.63, 3.8) is 0 Å². The number of aliphatic hydroxyl groups excluding tert-OH is 1. The molecule has 0 atom stereocenters. The van der Waals surface area contributed by atoms with Crippen molar-refractivity contribution in [2.75, 3.05) is 32.8 Å². The lowest BCUT2D eigenvalue weighted by atomic mass is 9.95. The minimum Gasteiger partial charge on any atom is -0.396 e. The number of aliphatic hydroxyl groups is 1. The number of carbonyl (C=O) groups is 2. The summed E-state index contributed by atoms with van der Waals surface area (Å²) < 4.78 is 0. The highest BCUT2D eigenvalue weighted by Gasteiger charge is 2.26. The normalized spacial score (nSPS) is 16.4. The smallest absolute Gasteiger partial charge is 0.223 e. The largest absolute Gasteiger partial charge is 0.396 e. The number of piperidine rings is 1. The lowest BCUT2D eigenvalue weighted by Crippen LogP contribution is -2.43. The summed E-state index contributed by atoms with van der Waals surface area (Å²) >= 11 is 0. The molecule has 110 valence electrons. The number of nitrogens with two attached hydrogens (primary N) is 1. The van der Waals surface area contributed by atoms with E-state index in [4.69, 9.17) is 10.8 Å². The Morgan fingerprint density at radius 2 is 1.95 bits per heavy atom. The van der Waals surface area contributed by atoms with E-state index >= 15 is 0 Å². The Balaban J connectivity index is 2.24. The molecule has 1 rings (SSSR count). The second-order valence-corrected chi connectivity index (χ2v) is 4.92. The van der Waals surface area contributed by atoms with Crippen LogP contribution in [0.1, 0.15) is 32.1 Å². The zero-order valence-corrected chi connectivity index (χ0v) is 11.4. The van der Waals surface area contributed by atoms with Crippen molar-refractivity contribution in [1.29, 1.82) is 0 Å². The zero-order valence-electron chi connectivity index (χ0n) is 11.4. The fraction of sp³-hybridized carbons (Fsp3) is 0.846. The SMILES string of the molecule is NCCCC(=O)N1CCC(C(=O)NCCCO)CC1. The molecule has 4 N–H and O–H groups in total. The van der Waals surface area contributed by atoms with Gasteiger partial charge in [-0.25, -0.2) is 0 Å². The Labute approximate surface area is 114 Å². The Kier molecular flexibility index (Phi) is 7.43. The average molecular weight is 271 g/mol. The van der Waals surface area contributed by atoms with Crippen molar-refractivity contribution in [2.24, 2.45) is 11.7 Å². The summed E-state index contributed by atoms with van der Waals surface area (Å²) in [6.45, 7) is 2.46. The molecule has 19 heavy (non-hydrogen) atoms. The maximum absolute atomic E-state index is 11.8. The predicted octanol–water partition coefficient (Wildman–Crippen LogP) is -0.537. The van der Waals surface area contributed by atoms with Gasteiger partial charge in [-0.15, -0.1) is 0 Å². The molecule has 2 amide bonds. The number of likely N-dealkylation sites (tertiary alicyclic amines) is 1. The van der Waals surface area contributed by atoms with Gasteiger partial charge in [-0.2, -0.15) is 0 Å². The molecule has 0 aromatic carbocycles. The molecule has 0 saturated carbocycles. The minimum atomic E-state index is -0.00255. The van der Waals surface area contributed by atoms with Gasteiger partial charge in [-0.05, 0) is 32.2 Å². The van der Waals surface area contributed by atoms with Crippen molar-refractivity contribution >= 4 is 11.8 Å². The highest BCUT2D eigenvalue weighted by atomic mass is 16.3. The van der Waals surface area contributed by atoms with Crippen LogP contribution >= 0.6 is 0 Å². The van der Waals surface area contributed by atoms with Crippen molar-refractivity contribution in [2.45, 2.75) is 32.1 Å². The summed E-state index contributed by atoms with van der Waals surface area (Å²) in [5.74, 6) is 0.185. The molecule has 0 radical (unpaired) electrons. The molecule has 0 spiro atoms. The van der Waals surface area contributed by atoms with Crippen LogP contribution in [0.15, 0.2) is 0 Å². The van der Waals surface area contributed by atoms with E-state index in [2.05, 4.69) is 5.32 Å². The van der Waals surface area contributed by atoms with Gasteiger partial charge in [0, 0.05) is 38.6 Å². The monoisotopic (exact) mass is 271 g/mol. The number of hydrogen-bond donors (Lipinski definition) is 3. The molecule has 1 saturated heterocycles. The summed E-state index contributed by atoms with van der Waals surface area (Å²) in [5, 5.41) is 11.5. The van der Waals surface area contributed by atoms with Gasteiger partial charge in [0.1, 0.15) is 0 Å². The van der Waals surface area contributed by atoms with Crippen molar-refractivity contribution in [3.05, 3.63) is 0 Å². The first kappa shape index (κ1) is 15.9. The second-order valence-electron chi connectivity index (χ2n) is 4.92. The summed E-state index contributed by atoms with van der Waals surface area (Å²) in [5.41, 5.74) is 5.38. The maximum atomic E-state index is 11.8. The molecule has 6 nitrogen and oxygen atoms in total. The average Bonchev–Trinajstić information content (AvgIpc) is 2.45. The third kappa shape index (κ3) is 5.57. The molecule has 6 heteroatoms. The summed E-state index contributed by atoms with van der Waals surface area (Å²) in [4.78, 5) is 25.4. The van der Waals surface area contributed by atoms with Gasteiger partial charge in [0.15, 0.2) is 0 Å². The van der Waals surface area contributed by atoms with E-state index in [1.54, 1.807) is 0 Å². The summed E-state index contributed by atoms with van der Waals surface area (Å²) in [7, 11) is 0. The van der Waals surface area contributed by atoms with Crippen molar-refractivity contribution in [1.82, 2.24) is 10.2 Å². The van der Waals surface area contributed by atoms with E-state index in [9.17, 15) is 9.59 Å². The molecular formula is C13H25N3O3. The van der Waals surface area contributed by atoms with Crippen LogP contribution in [0.4, 0.5) is 0 Å². The predicted molar refractivity (Wildman–Crippen MR) is 72.3 cm³/mol. The van der Waals surface area contributed by atoms with Gasteiger partial charge >= 0.3 is 0 Å². The van der Waals surface area contributed by atoms with E-state index in [0.29, 0.717) is 39.0 Å². The minimum absolute atomic E-state index is 0.00255. The molecule has 1 aliphatic heterocycles. The van der Waals surface area contributed by atoms with Crippen LogP contribution in [-0.2, 0) is 9.59 Å². The topological polar surface area (TPSA) is 95.7 Å². The van der Waals surface area contributed by atoms with Gasteiger partial charge in [0.05, 0.1) is 0 Å². The van der Waals surface area contributed by atoms with Crippen LogP contribution in [0.2, 0.25) is 0 Å². The molecule has 1 heterocycles. The number of nitrogens with one attached hydrogen (secondary N) is 1. The maximum Gasteiger partial charge on any atom is 0.223 e. The third-order valence-electron chi connectivity index (χ3n) is 3.45. The Hall–Kier alpha value is -1.14. The zero-order chi connectivity index (χ0) is 14.1. The summed E-state index contributed by atoms with van der Waals surface area (Å²) in [6, 6.07) is 0. The number of hydrogen-bond acceptors (Lipinski definition) is 4. The summed E-state index contributed by atoms with van der Waals surface area (Å²) in [6.07, 6.45) is 3.26. The first-order valence-electron chi connectivity index (χ1n) is 7.05. The molecule has 0 aromatic heterocycles. The van der Waals surface area contributed by atoms with E-state index < -0.39 is 0 Å². The standard InChI is InChI=1S/C13H25N3O3/c14-6-1-3-12(18)16-8-4-11(5-9-16)13(19)15-7-2-10-17/h11,17H,1-10,14H2,(H,15,19). The Morgan fingerprint density at radius 3 is 2.53 bits per heavy atom. The van der Waals surface area contributed by atoms with Gasteiger partial charge in [0.2, 0.25) is 11.8 Å². The third-order valence-corrected chi connectivity index (χ3v) is 3.45. The van der Waals surface area contributed by atoms with Gasteiger partial charge in [-0.3, -0.25) is 9.59 Å². The number of rotatable bonds is 7. The molecule has 0 unspecified atom stereocenters. The molecule has 0 aromatic rings. The first-order valence-corrected chi connectivity index (χ1v) is 7.05. The van der Waals surface area contributed by atoms with Crippen LogP contribution in [0.25, 0.3) is 0 Å². The molecule has 0 bridgehead atoms. The molecule has 0 aliphatic carbocycles.